The van der Waals surface area contributed by atoms with Crippen LogP contribution in [0.25, 0.3) is 0 Å². The van der Waals surface area contributed by atoms with Crippen molar-refractivity contribution in [3.8, 4) is 0 Å². The smallest absolute Gasteiger partial charge is 0.239 e. The number of benzene rings is 1. The van der Waals surface area contributed by atoms with Crippen LogP contribution < -0.4 is 5.32 Å². The summed E-state index contributed by atoms with van der Waals surface area (Å²) in [5.74, 6) is -0.777. The van der Waals surface area contributed by atoms with Crippen LogP contribution in [-0.4, -0.2) is 55.3 Å². The zero-order valence-electron chi connectivity index (χ0n) is 13.4. The van der Waals surface area contributed by atoms with Crippen LogP contribution in [0.1, 0.15) is 18.9 Å². The van der Waals surface area contributed by atoms with Gasteiger partial charge < -0.3 is 15.1 Å². The SMILES string of the molecule is CC(=O)N(CCCN(C)C)CC(=O)NCc1ccccc1F. The van der Waals surface area contributed by atoms with E-state index in [1.54, 1.807) is 18.2 Å². The molecule has 0 atom stereocenters. The molecule has 0 saturated heterocycles. The van der Waals surface area contributed by atoms with Gasteiger partial charge in [0.2, 0.25) is 11.8 Å². The Labute approximate surface area is 131 Å². The molecule has 0 aliphatic rings. The standard InChI is InChI=1S/C16H24FN3O2/c1-13(21)20(10-6-9-19(2)3)12-16(22)18-11-14-7-4-5-8-15(14)17/h4-5,7-8H,6,9-12H2,1-3H3,(H,18,22). The molecule has 22 heavy (non-hydrogen) atoms. The minimum absolute atomic E-state index is 0.00276. The molecule has 0 unspecified atom stereocenters. The van der Waals surface area contributed by atoms with Gasteiger partial charge in [0, 0.05) is 25.6 Å². The average molecular weight is 309 g/mol. The summed E-state index contributed by atoms with van der Waals surface area (Å²) in [6.07, 6.45) is 0.799. The molecule has 0 radical (unpaired) electrons. The van der Waals surface area contributed by atoms with Crippen LogP contribution in [0.2, 0.25) is 0 Å². The first kappa shape index (κ1) is 18.1. The Bertz CT molecular complexity index is 506. The lowest BCUT2D eigenvalue weighted by Crippen LogP contribution is -2.40. The number of hydrogen-bond donors (Lipinski definition) is 1. The summed E-state index contributed by atoms with van der Waals surface area (Å²) >= 11 is 0. The maximum absolute atomic E-state index is 13.5. The third-order valence-electron chi connectivity index (χ3n) is 3.25. The zero-order chi connectivity index (χ0) is 16.5. The number of nitrogens with zero attached hydrogens (tertiary/aromatic N) is 2. The van der Waals surface area contributed by atoms with Crippen molar-refractivity contribution in [2.75, 3.05) is 33.7 Å². The normalized spacial score (nSPS) is 10.6. The highest BCUT2D eigenvalue weighted by atomic mass is 19.1. The van der Waals surface area contributed by atoms with E-state index in [1.807, 2.05) is 19.0 Å². The highest BCUT2D eigenvalue weighted by Crippen LogP contribution is 2.05. The van der Waals surface area contributed by atoms with Crippen LogP contribution in [0, 0.1) is 5.82 Å². The van der Waals surface area contributed by atoms with Crippen molar-refractivity contribution in [2.45, 2.75) is 19.9 Å². The van der Waals surface area contributed by atoms with Crippen LogP contribution in [0.4, 0.5) is 4.39 Å². The first-order valence-electron chi connectivity index (χ1n) is 7.30. The lowest BCUT2D eigenvalue weighted by atomic mass is 10.2. The summed E-state index contributed by atoms with van der Waals surface area (Å²) in [7, 11) is 3.92. The third kappa shape index (κ3) is 6.67. The molecule has 0 saturated carbocycles. The molecular formula is C16H24FN3O2. The second-order valence-corrected chi connectivity index (χ2v) is 5.47. The Hall–Kier alpha value is -1.95. The molecule has 0 aromatic heterocycles. The van der Waals surface area contributed by atoms with Gasteiger partial charge in [0.15, 0.2) is 0 Å². The minimum atomic E-state index is -0.350. The number of halogens is 1. The predicted molar refractivity (Wildman–Crippen MR) is 83.7 cm³/mol. The Morgan fingerprint density at radius 2 is 1.86 bits per heavy atom. The van der Waals surface area contributed by atoms with E-state index in [2.05, 4.69) is 5.32 Å². The van der Waals surface area contributed by atoms with Gasteiger partial charge in [-0.05, 0) is 33.1 Å². The van der Waals surface area contributed by atoms with Gasteiger partial charge in [0.1, 0.15) is 5.82 Å². The van der Waals surface area contributed by atoms with Crippen molar-refractivity contribution in [1.82, 2.24) is 15.1 Å². The Morgan fingerprint density at radius 1 is 1.18 bits per heavy atom. The largest absolute Gasteiger partial charge is 0.350 e. The molecule has 6 heteroatoms. The van der Waals surface area contributed by atoms with Gasteiger partial charge in [-0.1, -0.05) is 18.2 Å². The van der Waals surface area contributed by atoms with Gasteiger partial charge in [0.25, 0.3) is 0 Å². The number of amides is 2. The highest BCUT2D eigenvalue weighted by Gasteiger charge is 2.13. The molecule has 2 amide bonds. The van der Waals surface area contributed by atoms with Gasteiger partial charge >= 0.3 is 0 Å². The van der Waals surface area contributed by atoms with Crippen LogP contribution in [-0.2, 0) is 16.1 Å². The van der Waals surface area contributed by atoms with E-state index in [0.29, 0.717) is 12.1 Å². The van der Waals surface area contributed by atoms with Crippen LogP contribution in [0.5, 0.6) is 0 Å². The summed E-state index contributed by atoms with van der Waals surface area (Å²) in [4.78, 5) is 27.0. The Balaban J connectivity index is 2.43. The fraction of sp³-hybridized carbons (Fsp3) is 0.500. The fourth-order valence-electron chi connectivity index (χ4n) is 1.99. The zero-order valence-corrected chi connectivity index (χ0v) is 13.4. The van der Waals surface area contributed by atoms with Crippen molar-refractivity contribution in [1.29, 1.82) is 0 Å². The summed E-state index contributed by atoms with van der Waals surface area (Å²) in [6.45, 7) is 2.94. The molecule has 1 aromatic carbocycles. The molecule has 1 N–H and O–H groups in total. The summed E-state index contributed by atoms with van der Waals surface area (Å²) < 4.78 is 13.5. The molecule has 0 spiro atoms. The van der Waals surface area contributed by atoms with Crippen LogP contribution in [0.15, 0.2) is 24.3 Å². The number of hydrogen-bond acceptors (Lipinski definition) is 3. The minimum Gasteiger partial charge on any atom is -0.350 e. The summed E-state index contributed by atoms with van der Waals surface area (Å²) in [5, 5.41) is 2.64. The number of carbonyl (C=O) groups excluding carboxylic acids is 2. The molecule has 1 rings (SSSR count). The molecular weight excluding hydrogens is 285 g/mol. The lowest BCUT2D eigenvalue weighted by Gasteiger charge is -2.21. The molecule has 5 nitrogen and oxygen atoms in total. The van der Waals surface area contributed by atoms with Crippen molar-refractivity contribution in [3.05, 3.63) is 35.6 Å². The van der Waals surface area contributed by atoms with Gasteiger partial charge in [0.05, 0.1) is 6.54 Å². The van der Waals surface area contributed by atoms with E-state index in [-0.39, 0.29) is 30.7 Å². The van der Waals surface area contributed by atoms with E-state index in [9.17, 15) is 14.0 Å². The van der Waals surface area contributed by atoms with E-state index >= 15 is 0 Å². The van der Waals surface area contributed by atoms with E-state index < -0.39 is 0 Å². The monoisotopic (exact) mass is 309 g/mol. The molecule has 0 aliphatic heterocycles. The van der Waals surface area contributed by atoms with E-state index in [0.717, 1.165) is 13.0 Å². The average Bonchev–Trinajstić information content (AvgIpc) is 2.45. The molecule has 0 heterocycles. The topological polar surface area (TPSA) is 52.7 Å². The Morgan fingerprint density at radius 3 is 2.45 bits per heavy atom. The first-order valence-corrected chi connectivity index (χ1v) is 7.30. The Kier molecular flexibility index (Phi) is 7.52. The maximum Gasteiger partial charge on any atom is 0.239 e. The maximum atomic E-state index is 13.5. The van der Waals surface area contributed by atoms with Crippen molar-refractivity contribution in [3.63, 3.8) is 0 Å². The molecule has 0 fully saturated rings. The summed E-state index contributed by atoms with van der Waals surface area (Å²) in [6, 6.07) is 6.29. The van der Waals surface area contributed by atoms with Crippen molar-refractivity contribution in [2.24, 2.45) is 0 Å². The van der Waals surface area contributed by atoms with Crippen LogP contribution in [0.3, 0.4) is 0 Å². The number of nitrogens with one attached hydrogen (secondary N) is 1. The van der Waals surface area contributed by atoms with E-state index in [4.69, 9.17) is 0 Å². The van der Waals surface area contributed by atoms with Gasteiger partial charge in [-0.25, -0.2) is 4.39 Å². The lowest BCUT2D eigenvalue weighted by molar-refractivity contribution is -0.134. The van der Waals surface area contributed by atoms with Crippen molar-refractivity contribution >= 4 is 11.8 Å². The second kappa shape index (κ2) is 9.15. The van der Waals surface area contributed by atoms with E-state index in [1.165, 1.54) is 17.9 Å². The second-order valence-electron chi connectivity index (χ2n) is 5.47. The molecule has 1 aromatic rings. The number of rotatable bonds is 8. The molecule has 0 aliphatic carbocycles. The van der Waals surface area contributed by atoms with Gasteiger partial charge in [-0.3, -0.25) is 9.59 Å². The number of carbonyl (C=O) groups is 2. The molecule has 122 valence electrons. The highest BCUT2D eigenvalue weighted by molar-refractivity contribution is 5.83. The predicted octanol–water partition coefficient (Wildman–Crippen LogP) is 1.24. The van der Waals surface area contributed by atoms with Gasteiger partial charge in [-0.2, -0.15) is 0 Å². The van der Waals surface area contributed by atoms with Crippen LogP contribution >= 0.6 is 0 Å². The van der Waals surface area contributed by atoms with Gasteiger partial charge in [-0.15, -0.1) is 0 Å². The summed E-state index contributed by atoms with van der Waals surface area (Å²) in [5.41, 5.74) is 0.429. The molecule has 0 bridgehead atoms. The quantitative estimate of drug-likeness (QED) is 0.786. The first-order chi connectivity index (χ1) is 10.4. The third-order valence-corrected chi connectivity index (χ3v) is 3.25. The van der Waals surface area contributed by atoms with Crippen molar-refractivity contribution < 1.29 is 14.0 Å². The fourth-order valence-corrected chi connectivity index (χ4v) is 1.99.